The standard InChI is InChI=1S/C20H24N4O4S/c1-14-7-10-22-18(13-14)23-20(26)16-8-11-24(12-9-16)29(27,28)17-5-3-15(4-6-17)19(25)21-2/h3-7,10,13,16H,8-9,11-12H2,1-2H3,(H,21,25)(H,22,23,26). The number of sulfonamides is 1. The number of carbonyl (C=O) groups is 2. The van der Waals surface area contributed by atoms with E-state index in [9.17, 15) is 18.0 Å². The van der Waals surface area contributed by atoms with Crippen LogP contribution in [0.3, 0.4) is 0 Å². The van der Waals surface area contributed by atoms with Crippen molar-refractivity contribution in [2.45, 2.75) is 24.7 Å². The van der Waals surface area contributed by atoms with Crippen LogP contribution in [0.25, 0.3) is 0 Å². The van der Waals surface area contributed by atoms with Gasteiger partial charge in [-0.1, -0.05) is 0 Å². The van der Waals surface area contributed by atoms with Gasteiger partial charge in [-0.15, -0.1) is 0 Å². The molecule has 29 heavy (non-hydrogen) atoms. The zero-order valence-corrected chi connectivity index (χ0v) is 17.2. The van der Waals surface area contributed by atoms with Crippen molar-refractivity contribution < 1.29 is 18.0 Å². The number of carbonyl (C=O) groups excluding carboxylic acids is 2. The lowest BCUT2D eigenvalue weighted by Crippen LogP contribution is -2.41. The van der Waals surface area contributed by atoms with Crippen LogP contribution in [0.2, 0.25) is 0 Å². The SMILES string of the molecule is CNC(=O)c1ccc(S(=O)(=O)N2CCC(C(=O)Nc3cc(C)ccn3)CC2)cc1. The molecule has 1 fully saturated rings. The van der Waals surface area contributed by atoms with E-state index in [2.05, 4.69) is 15.6 Å². The number of nitrogens with zero attached hydrogens (tertiary/aromatic N) is 2. The van der Waals surface area contributed by atoms with Gasteiger partial charge in [0, 0.05) is 37.8 Å². The minimum Gasteiger partial charge on any atom is -0.355 e. The van der Waals surface area contributed by atoms with Gasteiger partial charge in [-0.25, -0.2) is 13.4 Å². The molecule has 1 aromatic carbocycles. The molecule has 0 spiro atoms. The highest BCUT2D eigenvalue weighted by Gasteiger charge is 2.32. The van der Waals surface area contributed by atoms with Gasteiger partial charge in [0.1, 0.15) is 5.82 Å². The van der Waals surface area contributed by atoms with Gasteiger partial charge in [-0.3, -0.25) is 9.59 Å². The van der Waals surface area contributed by atoms with Crippen LogP contribution in [0.1, 0.15) is 28.8 Å². The minimum absolute atomic E-state index is 0.136. The highest BCUT2D eigenvalue weighted by atomic mass is 32.2. The Morgan fingerprint density at radius 2 is 1.76 bits per heavy atom. The van der Waals surface area contributed by atoms with E-state index in [1.807, 2.05) is 13.0 Å². The van der Waals surface area contributed by atoms with Gasteiger partial charge in [-0.05, 0) is 61.7 Å². The Bertz CT molecular complexity index is 997. The van der Waals surface area contributed by atoms with Crippen LogP contribution < -0.4 is 10.6 Å². The van der Waals surface area contributed by atoms with Crippen LogP contribution >= 0.6 is 0 Å². The summed E-state index contributed by atoms with van der Waals surface area (Å²) < 4.78 is 27.1. The van der Waals surface area contributed by atoms with Crippen molar-refractivity contribution in [3.05, 3.63) is 53.7 Å². The summed E-state index contributed by atoms with van der Waals surface area (Å²) in [5.41, 5.74) is 1.39. The fraction of sp³-hybridized carbons (Fsp3) is 0.350. The largest absolute Gasteiger partial charge is 0.355 e. The normalized spacial score (nSPS) is 15.7. The van der Waals surface area contributed by atoms with E-state index < -0.39 is 10.0 Å². The molecule has 2 N–H and O–H groups in total. The number of aromatic nitrogens is 1. The Kier molecular flexibility index (Phi) is 6.29. The van der Waals surface area contributed by atoms with E-state index in [1.54, 1.807) is 12.3 Å². The second-order valence-electron chi connectivity index (χ2n) is 6.99. The molecule has 1 aromatic heterocycles. The van der Waals surface area contributed by atoms with Crippen molar-refractivity contribution in [3.8, 4) is 0 Å². The van der Waals surface area contributed by atoms with Crippen molar-refractivity contribution >= 4 is 27.7 Å². The molecule has 154 valence electrons. The van der Waals surface area contributed by atoms with E-state index in [4.69, 9.17) is 0 Å². The average molecular weight is 417 g/mol. The molecule has 2 heterocycles. The summed E-state index contributed by atoms with van der Waals surface area (Å²) in [5, 5.41) is 5.30. The molecule has 0 saturated carbocycles. The van der Waals surface area contributed by atoms with E-state index in [1.165, 1.54) is 35.6 Å². The average Bonchev–Trinajstić information content (AvgIpc) is 2.73. The first-order valence-corrected chi connectivity index (χ1v) is 10.8. The predicted octanol–water partition coefficient (Wildman–Crippen LogP) is 1.79. The number of rotatable bonds is 5. The third kappa shape index (κ3) is 4.80. The number of hydrogen-bond acceptors (Lipinski definition) is 5. The first-order valence-electron chi connectivity index (χ1n) is 9.37. The monoisotopic (exact) mass is 416 g/mol. The van der Waals surface area contributed by atoms with Gasteiger partial charge in [0.2, 0.25) is 15.9 Å². The Balaban J connectivity index is 1.62. The van der Waals surface area contributed by atoms with Crippen LogP contribution in [0.15, 0.2) is 47.5 Å². The lowest BCUT2D eigenvalue weighted by atomic mass is 9.97. The number of hydrogen-bond donors (Lipinski definition) is 2. The Hall–Kier alpha value is -2.78. The topological polar surface area (TPSA) is 108 Å². The third-order valence-electron chi connectivity index (χ3n) is 4.97. The summed E-state index contributed by atoms with van der Waals surface area (Å²) in [6, 6.07) is 9.48. The molecule has 0 aliphatic carbocycles. The minimum atomic E-state index is -3.67. The molecule has 2 aromatic rings. The molecular formula is C20H24N4O4S. The lowest BCUT2D eigenvalue weighted by Gasteiger charge is -2.30. The number of benzene rings is 1. The number of piperidine rings is 1. The molecule has 0 unspecified atom stereocenters. The smallest absolute Gasteiger partial charge is 0.251 e. The molecule has 1 aliphatic rings. The predicted molar refractivity (Wildman–Crippen MR) is 109 cm³/mol. The maximum absolute atomic E-state index is 12.9. The van der Waals surface area contributed by atoms with Crippen molar-refractivity contribution in [1.29, 1.82) is 0 Å². The van der Waals surface area contributed by atoms with Crippen LogP contribution in [-0.2, 0) is 14.8 Å². The number of amides is 2. The summed E-state index contributed by atoms with van der Waals surface area (Å²) in [4.78, 5) is 28.4. The molecule has 3 rings (SSSR count). The molecule has 1 aliphatic heterocycles. The van der Waals surface area contributed by atoms with Crippen molar-refractivity contribution in [2.75, 3.05) is 25.5 Å². The first-order chi connectivity index (χ1) is 13.8. The van der Waals surface area contributed by atoms with Gasteiger partial charge in [0.15, 0.2) is 0 Å². The fourth-order valence-corrected chi connectivity index (χ4v) is 4.73. The van der Waals surface area contributed by atoms with Crippen molar-refractivity contribution in [1.82, 2.24) is 14.6 Å². The Morgan fingerprint density at radius 3 is 2.34 bits per heavy atom. The van der Waals surface area contributed by atoms with Gasteiger partial charge < -0.3 is 10.6 Å². The number of aryl methyl sites for hydroxylation is 1. The molecule has 1 saturated heterocycles. The first kappa shape index (κ1) is 20.9. The van der Waals surface area contributed by atoms with E-state index in [0.717, 1.165) is 5.56 Å². The summed E-state index contributed by atoms with van der Waals surface area (Å²) in [6.07, 6.45) is 2.51. The second kappa shape index (κ2) is 8.71. The van der Waals surface area contributed by atoms with Gasteiger partial charge >= 0.3 is 0 Å². The Labute approximate surface area is 170 Å². The zero-order valence-electron chi connectivity index (χ0n) is 16.4. The highest BCUT2D eigenvalue weighted by molar-refractivity contribution is 7.89. The van der Waals surface area contributed by atoms with Gasteiger partial charge in [0.05, 0.1) is 4.90 Å². The Morgan fingerprint density at radius 1 is 1.10 bits per heavy atom. The molecule has 0 bridgehead atoms. The van der Waals surface area contributed by atoms with Gasteiger partial charge in [-0.2, -0.15) is 4.31 Å². The summed E-state index contributed by atoms with van der Waals surface area (Å²) in [7, 11) is -2.15. The van der Waals surface area contributed by atoms with Crippen molar-refractivity contribution in [2.24, 2.45) is 5.92 Å². The van der Waals surface area contributed by atoms with E-state index in [0.29, 0.717) is 24.2 Å². The summed E-state index contributed by atoms with van der Waals surface area (Å²) in [6.45, 7) is 2.44. The number of pyridine rings is 1. The lowest BCUT2D eigenvalue weighted by molar-refractivity contribution is -0.120. The summed E-state index contributed by atoms with van der Waals surface area (Å²) >= 11 is 0. The van der Waals surface area contributed by atoms with E-state index in [-0.39, 0.29) is 35.7 Å². The number of nitrogens with one attached hydrogen (secondary N) is 2. The van der Waals surface area contributed by atoms with Crippen LogP contribution in [0, 0.1) is 12.8 Å². The highest BCUT2D eigenvalue weighted by Crippen LogP contribution is 2.25. The second-order valence-corrected chi connectivity index (χ2v) is 8.93. The van der Waals surface area contributed by atoms with Gasteiger partial charge in [0.25, 0.3) is 5.91 Å². The number of anilines is 1. The third-order valence-corrected chi connectivity index (χ3v) is 6.89. The maximum Gasteiger partial charge on any atom is 0.251 e. The molecule has 0 radical (unpaired) electrons. The van der Waals surface area contributed by atoms with Crippen LogP contribution in [0.4, 0.5) is 5.82 Å². The molecule has 2 amide bonds. The summed E-state index contributed by atoms with van der Waals surface area (Å²) in [5.74, 6) is -0.181. The molecule has 9 heteroatoms. The van der Waals surface area contributed by atoms with Crippen molar-refractivity contribution in [3.63, 3.8) is 0 Å². The maximum atomic E-state index is 12.9. The van der Waals surface area contributed by atoms with Crippen LogP contribution in [0.5, 0.6) is 0 Å². The molecular weight excluding hydrogens is 392 g/mol. The fourth-order valence-electron chi connectivity index (χ4n) is 3.26. The quantitative estimate of drug-likeness (QED) is 0.772. The molecule has 8 nitrogen and oxygen atoms in total. The van der Waals surface area contributed by atoms with Crippen LogP contribution in [-0.4, -0.2) is 49.7 Å². The zero-order chi connectivity index (χ0) is 21.0. The molecule has 0 atom stereocenters. The van der Waals surface area contributed by atoms with E-state index >= 15 is 0 Å².